The number of benzene rings is 1. The van der Waals surface area contributed by atoms with E-state index in [1.807, 2.05) is 44.3 Å². The van der Waals surface area contributed by atoms with E-state index in [1.54, 1.807) is 0 Å². The van der Waals surface area contributed by atoms with Crippen molar-refractivity contribution in [2.45, 2.75) is 27.3 Å². The maximum atomic E-state index is 11.1. The third-order valence-electron chi connectivity index (χ3n) is 3.01. The van der Waals surface area contributed by atoms with Crippen molar-refractivity contribution < 1.29 is 4.79 Å². The summed E-state index contributed by atoms with van der Waals surface area (Å²) in [7, 11) is 0. The van der Waals surface area contributed by atoms with Crippen molar-refractivity contribution in [2.75, 3.05) is 10.6 Å². The van der Waals surface area contributed by atoms with Crippen LogP contribution in [0.5, 0.6) is 0 Å². The van der Waals surface area contributed by atoms with E-state index < -0.39 is 0 Å². The molecule has 2 rings (SSSR count). The molecule has 0 atom stereocenters. The second-order valence-corrected chi connectivity index (χ2v) is 4.87. The lowest BCUT2D eigenvalue weighted by molar-refractivity contribution is -0.114. The Bertz CT molecular complexity index is 606. The summed E-state index contributed by atoms with van der Waals surface area (Å²) in [4.78, 5) is 15.4. The van der Waals surface area contributed by atoms with Crippen molar-refractivity contribution in [2.24, 2.45) is 0 Å². The van der Waals surface area contributed by atoms with Gasteiger partial charge in [-0.15, -0.1) is 0 Å². The highest BCUT2D eigenvalue weighted by atomic mass is 16.1. The second-order valence-electron chi connectivity index (χ2n) is 4.87. The lowest BCUT2D eigenvalue weighted by atomic mass is 10.1. The van der Waals surface area contributed by atoms with Gasteiger partial charge in [-0.3, -0.25) is 9.78 Å². The number of nitrogens with zero attached hydrogens (tertiary/aromatic N) is 1. The number of aromatic nitrogens is 1. The van der Waals surface area contributed by atoms with Gasteiger partial charge < -0.3 is 10.6 Å². The summed E-state index contributed by atoms with van der Waals surface area (Å²) in [6.07, 6.45) is 1.87. The van der Waals surface area contributed by atoms with Gasteiger partial charge in [0.15, 0.2) is 0 Å². The Kier molecular flexibility index (Phi) is 4.35. The Morgan fingerprint density at radius 3 is 2.65 bits per heavy atom. The van der Waals surface area contributed by atoms with Gasteiger partial charge in [0, 0.05) is 36.7 Å². The largest absolute Gasteiger partial charge is 0.381 e. The molecule has 0 radical (unpaired) electrons. The number of pyridine rings is 1. The maximum absolute atomic E-state index is 11.1. The zero-order valence-electron chi connectivity index (χ0n) is 12.0. The highest BCUT2D eigenvalue weighted by molar-refractivity contribution is 5.89. The Morgan fingerprint density at radius 2 is 2.00 bits per heavy atom. The first-order valence-electron chi connectivity index (χ1n) is 6.58. The highest BCUT2D eigenvalue weighted by Crippen LogP contribution is 2.21. The lowest BCUT2D eigenvalue weighted by Gasteiger charge is -2.12. The van der Waals surface area contributed by atoms with Gasteiger partial charge in [-0.1, -0.05) is 12.1 Å². The van der Waals surface area contributed by atoms with Crippen LogP contribution in [-0.2, 0) is 11.3 Å². The minimum Gasteiger partial charge on any atom is -0.381 e. The SMILES string of the molecule is CC(=O)Nc1ccc(C)c(NCc2ccc(C)nc2)c1. The second kappa shape index (κ2) is 6.19. The number of carbonyl (C=O) groups excluding carboxylic acids is 1. The van der Waals surface area contributed by atoms with Gasteiger partial charge in [-0.2, -0.15) is 0 Å². The van der Waals surface area contributed by atoms with E-state index in [0.717, 1.165) is 28.2 Å². The summed E-state index contributed by atoms with van der Waals surface area (Å²) < 4.78 is 0. The van der Waals surface area contributed by atoms with Crippen molar-refractivity contribution in [1.29, 1.82) is 0 Å². The van der Waals surface area contributed by atoms with Gasteiger partial charge in [-0.25, -0.2) is 0 Å². The van der Waals surface area contributed by atoms with Gasteiger partial charge in [0.05, 0.1) is 0 Å². The number of hydrogen-bond donors (Lipinski definition) is 2. The Morgan fingerprint density at radius 1 is 1.20 bits per heavy atom. The topological polar surface area (TPSA) is 54.0 Å². The molecule has 0 spiro atoms. The molecule has 104 valence electrons. The van der Waals surface area contributed by atoms with Crippen LogP contribution < -0.4 is 10.6 Å². The van der Waals surface area contributed by atoms with Crippen molar-refractivity contribution in [3.05, 3.63) is 53.3 Å². The van der Waals surface area contributed by atoms with E-state index in [9.17, 15) is 4.79 Å². The fraction of sp³-hybridized carbons (Fsp3) is 0.250. The van der Waals surface area contributed by atoms with Crippen LogP contribution in [0.25, 0.3) is 0 Å². The van der Waals surface area contributed by atoms with Crippen LogP contribution >= 0.6 is 0 Å². The number of anilines is 2. The standard InChI is InChI=1S/C16H19N3O/c1-11-4-7-15(19-13(3)20)8-16(11)18-10-14-6-5-12(2)17-9-14/h4-9,18H,10H2,1-3H3,(H,19,20). The first-order valence-corrected chi connectivity index (χ1v) is 6.58. The van der Waals surface area contributed by atoms with E-state index in [4.69, 9.17) is 0 Å². The summed E-state index contributed by atoms with van der Waals surface area (Å²) in [5.74, 6) is -0.0671. The molecule has 4 nitrogen and oxygen atoms in total. The Labute approximate surface area is 119 Å². The van der Waals surface area contributed by atoms with E-state index >= 15 is 0 Å². The third kappa shape index (κ3) is 3.82. The fourth-order valence-corrected chi connectivity index (χ4v) is 1.89. The molecule has 0 unspecified atom stereocenters. The molecule has 2 N–H and O–H groups in total. The van der Waals surface area contributed by atoms with Crippen LogP contribution in [0.1, 0.15) is 23.7 Å². The quantitative estimate of drug-likeness (QED) is 0.895. The van der Waals surface area contributed by atoms with E-state index in [1.165, 1.54) is 6.92 Å². The summed E-state index contributed by atoms with van der Waals surface area (Å²) >= 11 is 0. The van der Waals surface area contributed by atoms with Crippen LogP contribution in [0.2, 0.25) is 0 Å². The minimum absolute atomic E-state index is 0.0671. The number of aryl methyl sites for hydroxylation is 2. The first kappa shape index (κ1) is 14.1. The first-order chi connectivity index (χ1) is 9.54. The molecule has 0 aliphatic heterocycles. The van der Waals surface area contributed by atoms with Gasteiger partial charge in [0.25, 0.3) is 0 Å². The Hall–Kier alpha value is -2.36. The Balaban J connectivity index is 2.08. The molecular weight excluding hydrogens is 250 g/mol. The van der Waals surface area contributed by atoms with Gasteiger partial charge in [-0.05, 0) is 43.2 Å². The van der Waals surface area contributed by atoms with Crippen LogP contribution in [0.3, 0.4) is 0 Å². The van der Waals surface area contributed by atoms with E-state index in [0.29, 0.717) is 6.54 Å². The molecule has 4 heteroatoms. The normalized spacial score (nSPS) is 10.2. The number of amides is 1. The van der Waals surface area contributed by atoms with Crippen molar-refractivity contribution in [1.82, 2.24) is 4.98 Å². The number of rotatable bonds is 4. The van der Waals surface area contributed by atoms with Gasteiger partial charge in [0.1, 0.15) is 0 Å². The monoisotopic (exact) mass is 269 g/mol. The van der Waals surface area contributed by atoms with Crippen LogP contribution in [0, 0.1) is 13.8 Å². The maximum Gasteiger partial charge on any atom is 0.221 e. The fourth-order valence-electron chi connectivity index (χ4n) is 1.89. The van der Waals surface area contributed by atoms with Crippen LogP contribution in [0.15, 0.2) is 36.5 Å². The van der Waals surface area contributed by atoms with Crippen molar-refractivity contribution in [3.8, 4) is 0 Å². The van der Waals surface area contributed by atoms with E-state index in [2.05, 4.69) is 21.7 Å². The molecule has 0 saturated carbocycles. The van der Waals surface area contributed by atoms with Gasteiger partial charge >= 0.3 is 0 Å². The molecule has 0 saturated heterocycles. The predicted molar refractivity (Wildman–Crippen MR) is 81.8 cm³/mol. The summed E-state index contributed by atoms with van der Waals surface area (Å²) in [5.41, 5.74) is 5.08. The smallest absolute Gasteiger partial charge is 0.221 e. The summed E-state index contributed by atoms with van der Waals surface area (Å²) in [5, 5.41) is 6.16. The molecule has 1 amide bonds. The molecule has 0 fully saturated rings. The lowest BCUT2D eigenvalue weighted by Crippen LogP contribution is -2.07. The molecule has 1 aromatic carbocycles. The zero-order chi connectivity index (χ0) is 14.5. The molecule has 2 aromatic rings. The highest BCUT2D eigenvalue weighted by Gasteiger charge is 2.02. The minimum atomic E-state index is -0.0671. The molecule has 20 heavy (non-hydrogen) atoms. The zero-order valence-corrected chi connectivity index (χ0v) is 12.0. The summed E-state index contributed by atoms with van der Waals surface area (Å²) in [6.45, 7) is 6.22. The van der Waals surface area contributed by atoms with Crippen LogP contribution in [0.4, 0.5) is 11.4 Å². The number of hydrogen-bond acceptors (Lipinski definition) is 3. The van der Waals surface area contributed by atoms with Crippen LogP contribution in [-0.4, -0.2) is 10.9 Å². The third-order valence-corrected chi connectivity index (χ3v) is 3.01. The molecule has 1 heterocycles. The predicted octanol–water partition coefficient (Wildman–Crippen LogP) is 3.27. The molecular formula is C16H19N3O. The number of nitrogens with one attached hydrogen (secondary N) is 2. The molecule has 0 aliphatic rings. The van der Waals surface area contributed by atoms with Crippen molar-refractivity contribution >= 4 is 17.3 Å². The molecule has 0 bridgehead atoms. The average Bonchev–Trinajstić information content (AvgIpc) is 2.40. The average molecular weight is 269 g/mol. The van der Waals surface area contributed by atoms with Gasteiger partial charge in [0.2, 0.25) is 5.91 Å². The summed E-state index contributed by atoms with van der Waals surface area (Å²) in [6, 6.07) is 9.88. The molecule has 1 aromatic heterocycles. The van der Waals surface area contributed by atoms with Crippen molar-refractivity contribution in [3.63, 3.8) is 0 Å². The number of carbonyl (C=O) groups is 1. The van der Waals surface area contributed by atoms with E-state index in [-0.39, 0.29) is 5.91 Å². The molecule has 0 aliphatic carbocycles.